The van der Waals surface area contributed by atoms with Crippen LogP contribution in [0.5, 0.6) is 0 Å². The Morgan fingerprint density at radius 3 is 2.65 bits per heavy atom. The molecule has 0 aliphatic heterocycles. The minimum atomic E-state index is -1.15. The maximum absolute atomic E-state index is 11.6. The van der Waals surface area contributed by atoms with Crippen LogP contribution in [0.1, 0.15) is 10.4 Å². The molecule has 6 heteroatoms. The van der Waals surface area contributed by atoms with E-state index in [1.54, 1.807) is 19.2 Å². The summed E-state index contributed by atoms with van der Waals surface area (Å²) >= 11 is 9.28. The predicted octanol–water partition coefficient (Wildman–Crippen LogP) is 2.65. The van der Waals surface area contributed by atoms with Crippen LogP contribution in [-0.4, -0.2) is 15.6 Å². The molecule has 0 amide bonds. The van der Waals surface area contributed by atoms with Crippen molar-refractivity contribution in [2.24, 2.45) is 7.05 Å². The molecule has 2 rings (SSSR count). The largest absolute Gasteiger partial charge is 0.478 e. The second-order valence-corrected chi connectivity index (χ2v) is 4.87. The topological polar surface area (TPSA) is 59.3 Å². The molecule has 0 aliphatic carbocycles. The number of benzene rings is 1. The standard InChI is InChI=1S/C11H7BrClNO3/c1-14-9(15)4-7(11(16)17)6-2-5(12)3-8(13)10(6)14/h2-4H,1H3,(H,16,17). The van der Waals surface area contributed by atoms with E-state index in [-0.39, 0.29) is 5.56 Å². The van der Waals surface area contributed by atoms with Crippen LogP contribution < -0.4 is 5.56 Å². The Labute approximate surface area is 110 Å². The average Bonchev–Trinajstić information content (AvgIpc) is 2.21. The molecule has 0 spiro atoms. The van der Waals surface area contributed by atoms with Crippen LogP contribution in [0.2, 0.25) is 5.02 Å². The van der Waals surface area contributed by atoms with Gasteiger partial charge in [0.2, 0.25) is 0 Å². The number of halogens is 2. The molecule has 0 aliphatic rings. The van der Waals surface area contributed by atoms with Crippen molar-refractivity contribution in [1.29, 1.82) is 0 Å². The number of pyridine rings is 1. The zero-order valence-corrected chi connectivity index (χ0v) is 11.0. The lowest BCUT2D eigenvalue weighted by Crippen LogP contribution is -2.19. The molecular weight excluding hydrogens is 309 g/mol. The molecule has 0 atom stereocenters. The summed E-state index contributed by atoms with van der Waals surface area (Å²) in [5.41, 5.74) is -0.0369. The summed E-state index contributed by atoms with van der Waals surface area (Å²) in [6.07, 6.45) is 0. The van der Waals surface area contributed by atoms with Crippen molar-refractivity contribution in [2.75, 3.05) is 0 Å². The van der Waals surface area contributed by atoms with Crippen molar-refractivity contribution in [3.05, 3.63) is 43.6 Å². The lowest BCUT2D eigenvalue weighted by molar-refractivity contribution is 0.0699. The number of aryl methyl sites for hydroxylation is 1. The van der Waals surface area contributed by atoms with Gasteiger partial charge in [-0.1, -0.05) is 27.5 Å². The molecule has 0 bridgehead atoms. The van der Waals surface area contributed by atoms with E-state index in [0.717, 1.165) is 6.07 Å². The van der Waals surface area contributed by atoms with E-state index in [4.69, 9.17) is 16.7 Å². The summed E-state index contributed by atoms with van der Waals surface area (Å²) in [6, 6.07) is 4.34. The van der Waals surface area contributed by atoms with Crippen molar-refractivity contribution < 1.29 is 9.90 Å². The minimum Gasteiger partial charge on any atom is -0.478 e. The van der Waals surface area contributed by atoms with E-state index < -0.39 is 11.5 Å². The van der Waals surface area contributed by atoms with Crippen molar-refractivity contribution in [3.8, 4) is 0 Å². The molecule has 2 aromatic rings. The number of hydrogen-bond donors (Lipinski definition) is 1. The van der Waals surface area contributed by atoms with Gasteiger partial charge in [-0.2, -0.15) is 0 Å². The van der Waals surface area contributed by atoms with E-state index in [9.17, 15) is 9.59 Å². The molecule has 0 radical (unpaired) electrons. The quantitative estimate of drug-likeness (QED) is 0.880. The molecule has 0 saturated heterocycles. The van der Waals surface area contributed by atoms with E-state index in [1.807, 2.05) is 0 Å². The number of carboxylic acid groups (broad SMARTS) is 1. The van der Waals surface area contributed by atoms with Crippen LogP contribution in [0.15, 0.2) is 27.5 Å². The summed E-state index contributed by atoms with van der Waals surface area (Å²) in [6.45, 7) is 0. The number of carboxylic acids is 1. The van der Waals surface area contributed by atoms with Crippen LogP contribution in [0.3, 0.4) is 0 Å². The molecule has 1 aromatic heterocycles. The number of rotatable bonds is 1. The van der Waals surface area contributed by atoms with Gasteiger partial charge in [-0.3, -0.25) is 4.79 Å². The van der Waals surface area contributed by atoms with E-state index in [0.29, 0.717) is 20.4 Å². The zero-order chi connectivity index (χ0) is 12.7. The number of nitrogens with zero attached hydrogens (tertiary/aromatic N) is 1. The molecule has 17 heavy (non-hydrogen) atoms. The molecule has 1 aromatic carbocycles. The predicted molar refractivity (Wildman–Crippen MR) is 68.9 cm³/mol. The van der Waals surface area contributed by atoms with Crippen molar-refractivity contribution in [3.63, 3.8) is 0 Å². The molecule has 0 unspecified atom stereocenters. The number of hydrogen-bond acceptors (Lipinski definition) is 2. The fraction of sp³-hybridized carbons (Fsp3) is 0.0909. The summed E-state index contributed by atoms with van der Waals surface area (Å²) in [7, 11) is 1.55. The lowest BCUT2D eigenvalue weighted by atomic mass is 10.1. The van der Waals surface area contributed by atoms with Crippen LogP contribution in [-0.2, 0) is 7.05 Å². The SMILES string of the molecule is Cn1c(=O)cc(C(=O)O)c2cc(Br)cc(Cl)c21. The monoisotopic (exact) mass is 315 g/mol. The van der Waals surface area contributed by atoms with Crippen LogP contribution in [0.25, 0.3) is 10.9 Å². The van der Waals surface area contributed by atoms with Crippen molar-refractivity contribution in [2.45, 2.75) is 0 Å². The minimum absolute atomic E-state index is 0.0497. The first kappa shape index (κ1) is 12.1. The highest BCUT2D eigenvalue weighted by molar-refractivity contribution is 9.10. The first-order valence-electron chi connectivity index (χ1n) is 4.64. The Hall–Kier alpha value is -1.33. The van der Waals surface area contributed by atoms with Gasteiger partial charge in [0.25, 0.3) is 5.56 Å². The fourth-order valence-electron chi connectivity index (χ4n) is 1.70. The first-order chi connectivity index (χ1) is 7.91. The molecule has 4 nitrogen and oxygen atoms in total. The van der Waals surface area contributed by atoms with Gasteiger partial charge < -0.3 is 9.67 Å². The summed E-state index contributed by atoms with van der Waals surface area (Å²) in [5.74, 6) is -1.15. The highest BCUT2D eigenvalue weighted by Gasteiger charge is 2.15. The third-order valence-electron chi connectivity index (χ3n) is 2.48. The molecule has 1 N–H and O–H groups in total. The number of carbonyl (C=O) groups is 1. The highest BCUT2D eigenvalue weighted by Crippen LogP contribution is 2.28. The van der Waals surface area contributed by atoms with E-state index >= 15 is 0 Å². The Morgan fingerprint density at radius 1 is 1.41 bits per heavy atom. The van der Waals surface area contributed by atoms with Gasteiger partial charge in [0.15, 0.2) is 0 Å². The number of fused-ring (bicyclic) bond motifs is 1. The molecule has 0 fully saturated rings. The summed E-state index contributed by atoms with van der Waals surface area (Å²) < 4.78 is 1.99. The molecular formula is C11H7BrClNO3. The van der Waals surface area contributed by atoms with Crippen LogP contribution in [0, 0.1) is 0 Å². The second-order valence-electron chi connectivity index (χ2n) is 3.54. The fourth-order valence-corrected chi connectivity index (χ4v) is 2.63. The maximum Gasteiger partial charge on any atom is 0.336 e. The van der Waals surface area contributed by atoms with E-state index in [2.05, 4.69) is 15.9 Å². The van der Waals surface area contributed by atoms with Crippen molar-refractivity contribution in [1.82, 2.24) is 4.57 Å². The van der Waals surface area contributed by atoms with Gasteiger partial charge in [-0.25, -0.2) is 4.79 Å². The van der Waals surface area contributed by atoms with Gasteiger partial charge in [0.05, 0.1) is 16.1 Å². The van der Waals surface area contributed by atoms with Gasteiger partial charge in [-0.15, -0.1) is 0 Å². The average molecular weight is 317 g/mol. The Morgan fingerprint density at radius 2 is 2.06 bits per heavy atom. The molecule has 88 valence electrons. The van der Waals surface area contributed by atoms with E-state index in [1.165, 1.54) is 4.57 Å². The normalized spacial score (nSPS) is 10.8. The maximum atomic E-state index is 11.6. The zero-order valence-electron chi connectivity index (χ0n) is 8.70. The van der Waals surface area contributed by atoms with Gasteiger partial charge >= 0.3 is 5.97 Å². The van der Waals surface area contributed by atoms with Gasteiger partial charge in [0, 0.05) is 23.0 Å². The number of aromatic carboxylic acids is 1. The van der Waals surface area contributed by atoms with Crippen molar-refractivity contribution >= 4 is 44.4 Å². The van der Waals surface area contributed by atoms with Gasteiger partial charge in [0.1, 0.15) is 0 Å². The van der Waals surface area contributed by atoms with Gasteiger partial charge in [-0.05, 0) is 12.1 Å². The second kappa shape index (κ2) is 4.16. The number of aromatic nitrogens is 1. The Bertz CT molecular complexity index is 693. The summed E-state index contributed by atoms with van der Waals surface area (Å²) in [4.78, 5) is 22.7. The highest BCUT2D eigenvalue weighted by atomic mass is 79.9. The smallest absolute Gasteiger partial charge is 0.336 e. The first-order valence-corrected chi connectivity index (χ1v) is 5.81. The third kappa shape index (κ3) is 1.96. The summed E-state index contributed by atoms with van der Waals surface area (Å²) in [5, 5.41) is 9.83. The Balaban J connectivity index is 3.09. The Kier molecular flexibility index (Phi) is 2.97. The molecule has 1 heterocycles. The van der Waals surface area contributed by atoms with Crippen LogP contribution in [0.4, 0.5) is 0 Å². The third-order valence-corrected chi connectivity index (χ3v) is 3.23. The molecule has 0 saturated carbocycles. The lowest BCUT2D eigenvalue weighted by Gasteiger charge is -2.09. The van der Waals surface area contributed by atoms with Crippen LogP contribution >= 0.6 is 27.5 Å².